The highest BCUT2D eigenvalue weighted by molar-refractivity contribution is 6.34. The summed E-state index contributed by atoms with van der Waals surface area (Å²) in [6.45, 7) is 0.0845. The largest absolute Gasteiger partial charge is 0.387 e. The second kappa shape index (κ2) is 7.11. The fraction of sp³-hybridized carbons (Fsp3) is 0.154. The van der Waals surface area contributed by atoms with E-state index < -0.39 is 11.0 Å². The number of rotatable bonds is 5. The van der Waals surface area contributed by atoms with Crippen molar-refractivity contribution in [2.75, 3.05) is 11.9 Å². The van der Waals surface area contributed by atoms with Crippen molar-refractivity contribution in [1.82, 2.24) is 4.98 Å². The predicted molar refractivity (Wildman–Crippen MR) is 85.8 cm³/mol. The van der Waals surface area contributed by atoms with Gasteiger partial charge in [-0.25, -0.2) is 4.98 Å². The van der Waals surface area contributed by atoms with E-state index in [2.05, 4.69) is 10.3 Å². The van der Waals surface area contributed by atoms with Crippen LogP contribution in [0.4, 0.5) is 11.5 Å². The first kappa shape index (κ1) is 16.8. The molecule has 6 nitrogen and oxygen atoms in total. The molecule has 0 radical (unpaired) electrons. The molecule has 1 aromatic heterocycles. The maximum absolute atomic E-state index is 10.6. The molecule has 0 spiro atoms. The fourth-order valence-electron chi connectivity index (χ4n) is 1.74. The number of benzene rings is 1. The molecular weight excluding hydrogens is 353 g/mol. The van der Waals surface area contributed by atoms with Gasteiger partial charge in [-0.3, -0.25) is 10.1 Å². The number of anilines is 1. The predicted octanol–water partition coefficient (Wildman–Crippen LogP) is 4.10. The monoisotopic (exact) mass is 361 g/mol. The van der Waals surface area contributed by atoms with Crippen molar-refractivity contribution in [3.8, 4) is 0 Å². The standard InChI is InChI=1S/C13H10Cl3N3O3/c14-8-1-7(2-9(15)3-8)12(20)6-18-13-11(16)4-10(5-17-13)19(21)22/h1-5,12,20H,6H2,(H,17,18). The van der Waals surface area contributed by atoms with Gasteiger partial charge in [0.25, 0.3) is 5.69 Å². The second-order valence-corrected chi connectivity index (χ2v) is 5.66. The van der Waals surface area contributed by atoms with Gasteiger partial charge in [0.2, 0.25) is 0 Å². The summed E-state index contributed by atoms with van der Waals surface area (Å²) in [4.78, 5) is 13.9. The highest BCUT2D eigenvalue weighted by atomic mass is 35.5. The first-order valence-electron chi connectivity index (χ1n) is 6.04. The fourth-order valence-corrected chi connectivity index (χ4v) is 2.51. The van der Waals surface area contributed by atoms with E-state index >= 15 is 0 Å². The average molecular weight is 363 g/mol. The van der Waals surface area contributed by atoms with Crippen LogP contribution in [0.2, 0.25) is 15.1 Å². The topological polar surface area (TPSA) is 88.3 Å². The summed E-state index contributed by atoms with van der Waals surface area (Å²) in [5.41, 5.74) is 0.320. The van der Waals surface area contributed by atoms with Crippen molar-refractivity contribution >= 4 is 46.3 Å². The van der Waals surface area contributed by atoms with Crippen molar-refractivity contribution < 1.29 is 10.0 Å². The highest BCUT2D eigenvalue weighted by Gasteiger charge is 2.13. The number of hydrogen-bond donors (Lipinski definition) is 2. The molecule has 0 bridgehead atoms. The van der Waals surface area contributed by atoms with Gasteiger partial charge in [0.1, 0.15) is 12.0 Å². The van der Waals surface area contributed by atoms with Crippen LogP contribution in [-0.2, 0) is 0 Å². The molecule has 0 fully saturated rings. The van der Waals surface area contributed by atoms with Gasteiger partial charge in [-0.15, -0.1) is 0 Å². The van der Waals surface area contributed by atoms with E-state index in [9.17, 15) is 15.2 Å². The van der Waals surface area contributed by atoms with Crippen LogP contribution < -0.4 is 5.32 Å². The molecule has 0 saturated carbocycles. The maximum Gasteiger partial charge on any atom is 0.289 e. The van der Waals surface area contributed by atoms with Crippen LogP contribution in [0, 0.1) is 10.1 Å². The number of aliphatic hydroxyl groups excluding tert-OH is 1. The van der Waals surface area contributed by atoms with Crippen LogP contribution >= 0.6 is 34.8 Å². The molecule has 1 aromatic carbocycles. The summed E-state index contributed by atoms with van der Waals surface area (Å²) in [5, 5.41) is 24.4. The van der Waals surface area contributed by atoms with Gasteiger partial charge < -0.3 is 10.4 Å². The number of pyridine rings is 1. The van der Waals surface area contributed by atoms with Gasteiger partial charge in [0.15, 0.2) is 0 Å². The molecule has 1 unspecified atom stereocenters. The van der Waals surface area contributed by atoms with E-state index in [-0.39, 0.29) is 23.1 Å². The Bertz CT molecular complexity index is 692. The van der Waals surface area contributed by atoms with Crippen LogP contribution in [0.15, 0.2) is 30.5 Å². The molecule has 0 saturated heterocycles. The molecule has 9 heteroatoms. The van der Waals surface area contributed by atoms with E-state index in [0.717, 1.165) is 6.20 Å². The lowest BCUT2D eigenvalue weighted by molar-refractivity contribution is -0.385. The average Bonchev–Trinajstić information content (AvgIpc) is 2.44. The molecule has 22 heavy (non-hydrogen) atoms. The summed E-state index contributed by atoms with van der Waals surface area (Å²) >= 11 is 17.6. The zero-order valence-electron chi connectivity index (χ0n) is 11.0. The first-order valence-corrected chi connectivity index (χ1v) is 7.18. The second-order valence-electron chi connectivity index (χ2n) is 4.38. The third kappa shape index (κ3) is 4.20. The van der Waals surface area contributed by atoms with Crippen molar-refractivity contribution in [2.24, 2.45) is 0 Å². The molecule has 116 valence electrons. The zero-order valence-corrected chi connectivity index (χ0v) is 13.2. The van der Waals surface area contributed by atoms with Gasteiger partial charge in [-0.2, -0.15) is 0 Å². The van der Waals surface area contributed by atoms with E-state index in [1.807, 2.05) is 0 Å². The van der Waals surface area contributed by atoms with Gasteiger partial charge >= 0.3 is 0 Å². The minimum absolute atomic E-state index is 0.0845. The van der Waals surface area contributed by atoms with Gasteiger partial charge in [-0.05, 0) is 23.8 Å². The molecule has 2 rings (SSSR count). The number of aliphatic hydroxyl groups is 1. The van der Waals surface area contributed by atoms with Crippen LogP contribution in [0.25, 0.3) is 0 Å². The molecule has 0 aliphatic heterocycles. The van der Waals surface area contributed by atoms with Crippen molar-refractivity contribution in [1.29, 1.82) is 0 Å². The molecule has 2 N–H and O–H groups in total. The third-order valence-corrected chi connectivity index (χ3v) is 3.49. The van der Waals surface area contributed by atoms with Gasteiger partial charge in [0, 0.05) is 22.7 Å². The van der Waals surface area contributed by atoms with Gasteiger partial charge in [-0.1, -0.05) is 34.8 Å². The van der Waals surface area contributed by atoms with Crippen LogP contribution in [-0.4, -0.2) is 21.6 Å². The SMILES string of the molecule is O=[N+]([O-])c1cnc(NCC(O)c2cc(Cl)cc(Cl)c2)c(Cl)c1. The number of nitro groups is 1. The normalized spacial score (nSPS) is 12.0. The Hall–Kier alpha value is -1.60. The first-order chi connectivity index (χ1) is 10.4. The Balaban J connectivity index is 2.07. The van der Waals surface area contributed by atoms with E-state index in [4.69, 9.17) is 34.8 Å². The summed E-state index contributed by atoms with van der Waals surface area (Å²) in [6.07, 6.45) is 0.181. The Kier molecular flexibility index (Phi) is 5.42. The van der Waals surface area contributed by atoms with Crippen LogP contribution in [0.1, 0.15) is 11.7 Å². The number of hydrogen-bond acceptors (Lipinski definition) is 5. The maximum atomic E-state index is 10.6. The van der Waals surface area contributed by atoms with E-state index in [1.165, 1.54) is 6.07 Å². The molecule has 1 heterocycles. The lowest BCUT2D eigenvalue weighted by Gasteiger charge is -2.14. The Morgan fingerprint density at radius 3 is 2.41 bits per heavy atom. The number of nitrogens with zero attached hydrogens (tertiary/aromatic N) is 2. The van der Waals surface area contributed by atoms with Crippen LogP contribution in [0.5, 0.6) is 0 Å². The Morgan fingerprint density at radius 2 is 1.86 bits per heavy atom. The molecule has 1 atom stereocenters. The number of nitrogens with one attached hydrogen (secondary N) is 1. The van der Waals surface area contributed by atoms with Crippen molar-refractivity contribution in [3.05, 3.63) is 61.2 Å². The van der Waals surface area contributed by atoms with Crippen molar-refractivity contribution in [2.45, 2.75) is 6.10 Å². The van der Waals surface area contributed by atoms with E-state index in [1.54, 1.807) is 18.2 Å². The van der Waals surface area contributed by atoms with Crippen LogP contribution in [0.3, 0.4) is 0 Å². The molecule has 0 aliphatic rings. The Labute approximate surface area is 140 Å². The quantitative estimate of drug-likeness (QED) is 0.617. The summed E-state index contributed by atoms with van der Waals surface area (Å²) < 4.78 is 0. The van der Waals surface area contributed by atoms with E-state index in [0.29, 0.717) is 15.6 Å². The molecule has 0 aliphatic carbocycles. The number of aromatic nitrogens is 1. The third-order valence-electron chi connectivity index (χ3n) is 2.77. The van der Waals surface area contributed by atoms with Crippen molar-refractivity contribution in [3.63, 3.8) is 0 Å². The number of halogens is 3. The minimum atomic E-state index is -0.899. The van der Waals surface area contributed by atoms with Gasteiger partial charge in [0.05, 0.1) is 16.0 Å². The summed E-state index contributed by atoms with van der Waals surface area (Å²) in [5.74, 6) is 0.236. The molecular formula is C13H10Cl3N3O3. The zero-order chi connectivity index (χ0) is 16.3. The molecule has 0 amide bonds. The minimum Gasteiger partial charge on any atom is -0.387 e. The highest BCUT2D eigenvalue weighted by Crippen LogP contribution is 2.26. The lowest BCUT2D eigenvalue weighted by atomic mass is 10.1. The summed E-state index contributed by atoms with van der Waals surface area (Å²) in [6, 6.07) is 5.91. The Morgan fingerprint density at radius 1 is 1.23 bits per heavy atom. The molecule has 2 aromatic rings. The lowest BCUT2D eigenvalue weighted by Crippen LogP contribution is -2.13. The smallest absolute Gasteiger partial charge is 0.289 e. The summed E-state index contributed by atoms with van der Waals surface area (Å²) in [7, 11) is 0.